The fourth-order valence-corrected chi connectivity index (χ4v) is 4.46. The maximum atomic E-state index is 13.5. The number of anilines is 1. The van der Waals surface area contributed by atoms with Gasteiger partial charge in [-0.25, -0.2) is 9.37 Å². The molecule has 0 atom stereocenters. The van der Waals surface area contributed by atoms with Crippen LogP contribution < -0.4 is 19.1 Å². The van der Waals surface area contributed by atoms with Gasteiger partial charge in [-0.3, -0.25) is 4.79 Å². The number of hydrogen-bond acceptors (Lipinski definition) is 7. The predicted molar refractivity (Wildman–Crippen MR) is 145 cm³/mol. The van der Waals surface area contributed by atoms with E-state index in [1.807, 2.05) is 42.3 Å². The number of benzene rings is 3. The number of fused-ring (bicyclic) bond motifs is 1. The molecule has 39 heavy (non-hydrogen) atoms. The first-order valence-electron chi connectivity index (χ1n) is 12.5. The van der Waals surface area contributed by atoms with Gasteiger partial charge in [-0.15, -0.1) is 0 Å². The lowest BCUT2D eigenvalue weighted by molar-refractivity contribution is 0.0731. The lowest BCUT2D eigenvalue weighted by atomic mass is 10.0. The van der Waals surface area contributed by atoms with E-state index >= 15 is 0 Å². The standard InChI is InChI=1S/C30H29FN4O4/c1-34(18-20-7-5-4-6-8-20)30-32-27-13-14-35(29(36)21-15-24(37-2)17-25(16-21)38-3)19-26(27)28(33-30)39-23-11-9-22(31)10-12-23/h4-12,15-17H,13-14,18-19H2,1-3H3. The largest absolute Gasteiger partial charge is 0.497 e. The summed E-state index contributed by atoms with van der Waals surface area (Å²) in [6.45, 7) is 1.34. The molecule has 5 rings (SSSR count). The predicted octanol–water partition coefficient (Wildman–Crippen LogP) is 5.26. The summed E-state index contributed by atoms with van der Waals surface area (Å²) < 4.78 is 30.4. The molecule has 0 unspecified atom stereocenters. The molecule has 2 heterocycles. The van der Waals surface area contributed by atoms with Gasteiger partial charge in [0.15, 0.2) is 0 Å². The first-order chi connectivity index (χ1) is 18.9. The molecule has 0 spiro atoms. The van der Waals surface area contributed by atoms with Crippen molar-refractivity contribution in [2.45, 2.75) is 19.5 Å². The number of methoxy groups -OCH3 is 2. The molecule has 1 aliphatic rings. The van der Waals surface area contributed by atoms with Crippen LogP contribution in [-0.4, -0.2) is 48.6 Å². The summed E-state index contributed by atoms with van der Waals surface area (Å²) in [5, 5.41) is 0. The van der Waals surface area contributed by atoms with E-state index in [-0.39, 0.29) is 18.3 Å². The Balaban J connectivity index is 1.47. The van der Waals surface area contributed by atoms with Gasteiger partial charge in [-0.1, -0.05) is 30.3 Å². The number of aromatic nitrogens is 2. The fourth-order valence-electron chi connectivity index (χ4n) is 4.46. The Morgan fingerprint density at radius 1 is 0.949 bits per heavy atom. The van der Waals surface area contributed by atoms with Gasteiger partial charge in [0.05, 0.1) is 32.0 Å². The maximum Gasteiger partial charge on any atom is 0.254 e. The number of hydrogen-bond donors (Lipinski definition) is 0. The molecule has 0 aliphatic carbocycles. The summed E-state index contributed by atoms with van der Waals surface area (Å²) in [4.78, 5) is 26.8. The Kier molecular flexibility index (Phi) is 7.58. The SMILES string of the molecule is COc1cc(OC)cc(C(=O)N2CCc3nc(N(C)Cc4ccccc4)nc(Oc4ccc(F)cc4)c3C2)c1. The van der Waals surface area contributed by atoms with E-state index in [1.54, 1.807) is 49.5 Å². The summed E-state index contributed by atoms with van der Waals surface area (Å²) in [6.07, 6.45) is 0.524. The maximum absolute atomic E-state index is 13.5. The number of carbonyl (C=O) groups is 1. The average Bonchev–Trinajstić information content (AvgIpc) is 2.97. The highest BCUT2D eigenvalue weighted by atomic mass is 19.1. The Hall–Kier alpha value is -4.66. The van der Waals surface area contributed by atoms with Gasteiger partial charge in [-0.2, -0.15) is 4.98 Å². The van der Waals surface area contributed by atoms with Gasteiger partial charge in [0.1, 0.15) is 23.1 Å². The molecule has 4 aromatic rings. The zero-order valence-electron chi connectivity index (χ0n) is 22.1. The van der Waals surface area contributed by atoms with Gasteiger partial charge < -0.3 is 24.0 Å². The molecule has 1 aromatic heterocycles. The van der Waals surface area contributed by atoms with Crippen molar-refractivity contribution in [1.82, 2.24) is 14.9 Å². The Bertz CT molecular complexity index is 1440. The van der Waals surface area contributed by atoms with Crippen LogP contribution in [0.1, 0.15) is 27.2 Å². The molecule has 9 heteroatoms. The third-order valence-corrected chi connectivity index (χ3v) is 6.53. The van der Waals surface area contributed by atoms with Crippen molar-refractivity contribution in [2.75, 3.05) is 32.7 Å². The Morgan fingerprint density at radius 2 is 1.64 bits per heavy atom. The second-order valence-electron chi connectivity index (χ2n) is 9.23. The van der Waals surface area contributed by atoms with E-state index in [0.29, 0.717) is 59.7 Å². The van der Waals surface area contributed by atoms with Gasteiger partial charge in [0, 0.05) is 38.2 Å². The number of halogens is 1. The van der Waals surface area contributed by atoms with Crippen LogP contribution in [0, 0.1) is 5.82 Å². The molecule has 0 fully saturated rings. The van der Waals surface area contributed by atoms with E-state index in [0.717, 1.165) is 11.3 Å². The summed E-state index contributed by atoms with van der Waals surface area (Å²) >= 11 is 0. The Labute approximate surface area is 226 Å². The number of ether oxygens (including phenoxy) is 3. The highest BCUT2D eigenvalue weighted by molar-refractivity contribution is 5.95. The fraction of sp³-hybridized carbons (Fsp3) is 0.233. The van der Waals surface area contributed by atoms with Crippen molar-refractivity contribution in [3.63, 3.8) is 0 Å². The van der Waals surface area contributed by atoms with E-state index < -0.39 is 0 Å². The number of nitrogens with zero attached hydrogens (tertiary/aromatic N) is 4. The highest BCUT2D eigenvalue weighted by Gasteiger charge is 2.28. The van der Waals surface area contributed by atoms with Crippen molar-refractivity contribution in [2.24, 2.45) is 0 Å². The molecule has 1 aliphatic heterocycles. The van der Waals surface area contributed by atoms with Crippen LogP contribution >= 0.6 is 0 Å². The third-order valence-electron chi connectivity index (χ3n) is 6.53. The molecule has 0 saturated carbocycles. The van der Waals surface area contributed by atoms with Gasteiger partial charge >= 0.3 is 0 Å². The van der Waals surface area contributed by atoms with E-state index in [4.69, 9.17) is 24.2 Å². The highest BCUT2D eigenvalue weighted by Crippen LogP contribution is 2.33. The minimum absolute atomic E-state index is 0.171. The monoisotopic (exact) mass is 528 g/mol. The van der Waals surface area contributed by atoms with Crippen molar-refractivity contribution >= 4 is 11.9 Å². The lowest BCUT2D eigenvalue weighted by Gasteiger charge is -2.30. The topological polar surface area (TPSA) is 77.0 Å². The molecule has 0 N–H and O–H groups in total. The van der Waals surface area contributed by atoms with Crippen LogP contribution in [0.25, 0.3) is 0 Å². The molecule has 8 nitrogen and oxygen atoms in total. The van der Waals surface area contributed by atoms with Crippen molar-refractivity contribution < 1.29 is 23.4 Å². The minimum Gasteiger partial charge on any atom is -0.497 e. The van der Waals surface area contributed by atoms with Crippen LogP contribution in [0.15, 0.2) is 72.8 Å². The number of carbonyl (C=O) groups excluding carboxylic acids is 1. The molecular weight excluding hydrogens is 499 g/mol. The summed E-state index contributed by atoms with van der Waals surface area (Å²) in [5.74, 6) is 1.82. The number of rotatable bonds is 8. The van der Waals surface area contributed by atoms with Crippen molar-refractivity contribution in [1.29, 1.82) is 0 Å². The molecule has 0 saturated heterocycles. The average molecular weight is 529 g/mol. The zero-order valence-corrected chi connectivity index (χ0v) is 22.1. The second kappa shape index (κ2) is 11.4. The molecule has 1 amide bonds. The van der Waals surface area contributed by atoms with Gasteiger partial charge in [0.2, 0.25) is 11.8 Å². The molecule has 0 radical (unpaired) electrons. The van der Waals surface area contributed by atoms with E-state index in [1.165, 1.54) is 12.1 Å². The van der Waals surface area contributed by atoms with Crippen LogP contribution in [-0.2, 0) is 19.5 Å². The van der Waals surface area contributed by atoms with Gasteiger partial charge in [-0.05, 0) is 42.0 Å². The summed E-state index contributed by atoms with van der Waals surface area (Å²) in [7, 11) is 5.01. The Morgan fingerprint density at radius 3 is 2.31 bits per heavy atom. The van der Waals surface area contributed by atoms with Crippen molar-refractivity contribution in [3.05, 3.63) is 101 Å². The summed E-state index contributed by atoms with van der Waals surface area (Å²) in [5.41, 5.74) is 3.10. The van der Waals surface area contributed by atoms with Gasteiger partial charge in [0.25, 0.3) is 5.91 Å². The quantitative estimate of drug-likeness (QED) is 0.309. The molecule has 0 bridgehead atoms. The first kappa shape index (κ1) is 26.0. The molecule has 3 aromatic carbocycles. The zero-order chi connectivity index (χ0) is 27.4. The second-order valence-corrected chi connectivity index (χ2v) is 9.23. The third kappa shape index (κ3) is 5.93. The smallest absolute Gasteiger partial charge is 0.254 e. The van der Waals surface area contributed by atoms with Crippen LogP contribution in [0.3, 0.4) is 0 Å². The number of amides is 1. The minimum atomic E-state index is -0.360. The lowest BCUT2D eigenvalue weighted by Crippen LogP contribution is -2.37. The van der Waals surface area contributed by atoms with E-state index in [2.05, 4.69) is 0 Å². The molecule has 200 valence electrons. The van der Waals surface area contributed by atoms with E-state index in [9.17, 15) is 9.18 Å². The van der Waals surface area contributed by atoms with Crippen LogP contribution in [0.4, 0.5) is 10.3 Å². The van der Waals surface area contributed by atoms with Crippen LogP contribution in [0.5, 0.6) is 23.1 Å². The van der Waals surface area contributed by atoms with Crippen molar-refractivity contribution in [3.8, 4) is 23.1 Å². The normalized spacial score (nSPS) is 12.5. The van der Waals surface area contributed by atoms with Crippen LogP contribution in [0.2, 0.25) is 0 Å². The summed E-state index contributed by atoms with van der Waals surface area (Å²) in [6, 6.07) is 20.9. The first-order valence-corrected chi connectivity index (χ1v) is 12.5. The molecular formula is C30H29FN4O4.